The molecule has 0 saturated heterocycles. The van der Waals surface area contributed by atoms with Gasteiger partial charge in [-0.25, -0.2) is 5.43 Å². The number of nitrogens with one attached hydrogen (secondary N) is 1. The number of carbonyl (C=O) groups is 1. The van der Waals surface area contributed by atoms with E-state index in [-0.39, 0.29) is 13.2 Å². The van der Waals surface area contributed by atoms with Crippen molar-refractivity contribution in [3.8, 4) is 23.8 Å². The topological polar surface area (TPSA) is 59.9 Å². The maximum atomic E-state index is 11.8. The lowest BCUT2D eigenvalue weighted by molar-refractivity contribution is -0.123. The van der Waals surface area contributed by atoms with E-state index in [0.717, 1.165) is 4.47 Å². The van der Waals surface area contributed by atoms with Crippen molar-refractivity contribution in [2.45, 2.75) is 0 Å². The number of rotatable bonds is 7. The van der Waals surface area contributed by atoms with Crippen LogP contribution in [0.2, 0.25) is 10.0 Å². The second-order valence-electron chi connectivity index (χ2n) is 4.83. The smallest absolute Gasteiger partial charge is 0.277 e. The molecule has 0 bridgehead atoms. The molecule has 0 aliphatic rings. The third-order valence-corrected chi connectivity index (χ3v) is 3.95. The zero-order valence-electron chi connectivity index (χ0n) is 13.3. The summed E-state index contributed by atoms with van der Waals surface area (Å²) in [5.41, 5.74) is 3.01. The van der Waals surface area contributed by atoms with Gasteiger partial charge in [0.15, 0.2) is 6.61 Å². The van der Waals surface area contributed by atoms with E-state index in [1.807, 2.05) is 6.07 Å². The minimum atomic E-state index is -0.451. The fourth-order valence-corrected chi connectivity index (χ4v) is 2.65. The molecule has 0 heterocycles. The van der Waals surface area contributed by atoms with E-state index < -0.39 is 5.91 Å². The molecule has 134 valence electrons. The highest BCUT2D eigenvalue weighted by atomic mass is 79.9. The number of carbonyl (C=O) groups excluding carboxylic acids is 1. The van der Waals surface area contributed by atoms with Gasteiger partial charge in [-0.05, 0) is 36.4 Å². The Morgan fingerprint density at radius 3 is 2.73 bits per heavy atom. The minimum Gasteiger partial charge on any atom is -0.482 e. The zero-order valence-corrected chi connectivity index (χ0v) is 16.4. The predicted molar refractivity (Wildman–Crippen MR) is 106 cm³/mol. The Morgan fingerprint density at radius 1 is 1.23 bits per heavy atom. The molecule has 0 aliphatic carbocycles. The van der Waals surface area contributed by atoms with Crippen molar-refractivity contribution in [2.75, 3.05) is 13.2 Å². The van der Waals surface area contributed by atoms with Crippen LogP contribution < -0.4 is 14.9 Å². The lowest BCUT2D eigenvalue weighted by Gasteiger charge is -2.08. The third kappa shape index (κ3) is 6.26. The van der Waals surface area contributed by atoms with Gasteiger partial charge in [0.1, 0.15) is 18.1 Å². The summed E-state index contributed by atoms with van der Waals surface area (Å²) >= 11 is 15.1. The summed E-state index contributed by atoms with van der Waals surface area (Å²) in [7, 11) is 0. The van der Waals surface area contributed by atoms with Crippen molar-refractivity contribution in [2.24, 2.45) is 5.10 Å². The Bertz CT molecular complexity index is 866. The molecule has 2 rings (SSSR count). The lowest BCUT2D eigenvalue weighted by Crippen LogP contribution is -2.24. The van der Waals surface area contributed by atoms with Crippen LogP contribution in [-0.2, 0) is 4.79 Å². The van der Waals surface area contributed by atoms with Crippen molar-refractivity contribution >= 4 is 51.3 Å². The highest BCUT2D eigenvalue weighted by Gasteiger charge is 2.06. The fraction of sp³-hybridized carbons (Fsp3) is 0.111. The molecular formula is C18H13BrCl2N2O3. The standard InChI is InChI=1S/C18H13BrCl2N2O3/c1-2-7-25-16-5-3-13(19)8-12(16)10-22-23-18(24)11-26-17-6-4-14(20)9-15(17)21/h1,3-6,8-10H,7,11H2,(H,23,24). The van der Waals surface area contributed by atoms with Crippen LogP contribution in [0.4, 0.5) is 0 Å². The number of hydrogen-bond acceptors (Lipinski definition) is 4. The molecule has 0 saturated carbocycles. The average Bonchev–Trinajstić information content (AvgIpc) is 2.60. The Kier molecular flexibility index (Phi) is 7.79. The van der Waals surface area contributed by atoms with Gasteiger partial charge in [0.05, 0.1) is 11.2 Å². The first-order valence-corrected chi connectivity index (χ1v) is 8.80. The summed E-state index contributed by atoms with van der Waals surface area (Å²) in [6.45, 7) is -0.123. The highest BCUT2D eigenvalue weighted by molar-refractivity contribution is 9.10. The van der Waals surface area contributed by atoms with Gasteiger partial charge in [-0.3, -0.25) is 4.79 Å². The SMILES string of the molecule is C#CCOc1ccc(Br)cc1C=NNC(=O)COc1ccc(Cl)cc1Cl. The Labute approximate surface area is 169 Å². The molecular weight excluding hydrogens is 443 g/mol. The molecule has 2 aromatic rings. The van der Waals surface area contributed by atoms with E-state index in [4.69, 9.17) is 39.1 Å². The molecule has 0 atom stereocenters. The van der Waals surface area contributed by atoms with E-state index in [2.05, 4.69) is 32.4 Å². The van der Waals surface area contributed by atoms with Gasteiger partial charge in [0.25, 0.3) is 5.91 Å². The van der Waals surface area contributed by atoms with Gasteiger partial charge in [0, 0.05) is 15.1 Å². The van der Waals surface area contributed by atoms with Crippen molar-refractivity contribution in [1.82, 2.24) is 5.43 Å². The summed E-state index contributed by atoms with van der Waals surface area (Å²) < 4.78 is 11.6. The van der Waals surface area contributed by atoms with Crippen LogP contribution in [0.3, 0.4) is 0 Å². The van der Waals surface area contributed by atoms with Crippen LogP contribution in [0, 0.1) is 12.3 Å². The van der Waals surface area contributed by atoms with Crippen LogP contribution in [-0.4, -0.2) is 25.3 Å². The predicted octanol–water partition coefficient (Wildman–Crippen LogP) is 4.30. The van der Waals surface area contributed by atoms with Crippen molar-refractivity contribution in [3.05, 3.63) is 56.5 Å². The van der Waals surface area contributed by atoms with E-state index in [9.17, 15) is 4.79 Å². The number of amides is 1. The number of ether oxygens (including phenoxy) is 2. The number of hydrogen-bond donors (Lipinski definition) is 1. The second kappa shape index (κ2) is 10.1. The first-order chi connectivity index (χ1) is 12.5. The van der Waals surface area contributed by atoms with Crippen molar-refractivity contribution < 1.29 is 14.3 Å². The zero-order chi connectivity index (χ0) is 18.9. The first kappa shape index (κ1) is 20.1. The van der Waals surface area contributed by atoms with E-state index in [1.54, 1.807) is 24.3 Å². The second-order valence-corrected chi connectivity index (χ2v) is 6.59. The maximum absolute atomic E-state index is 11.8. The van der Waals surface area contributed by atoms with Crippen LogP contribution in [0.5, 0.6) is 11.5 Å². The molecule has 0 unspecified atom stereocenters. The molecule has 2 aromatic carbocycles. The summed E-state index contributed by atoms with van der Waals surface area (Å²) in [6, 6.07) is 10.1. The number of benzene rings is 2. The molecule has 0 spiro atoms. The number of terminal acetylenes is 1. The summed E-state index contributed by atoms with van der Waals surface area (Å²) in [6.07, 6.45) is 6.64. The molecule has 0 fully saturated rings. The molecule has 0 aromatic heterocycles. The molecule has 0 aliphatic heterocycles. The Balaban J connectivity index is 1.92. The highest BCUT2D eigenvalue weighted by Crippen LogP contribution is 2.27. The summed E-state index contributed by atoms with van der Waals surface area (Å²) in [5.74, 6) is 2.84. The lowest BCUT2D eigenvalue weighted by atomic mass is 10.2. The number of halogens is 3. The molecule has 1 amide bonds. The van der Waals surface area contributed by atoms with Crippen molar-refractivity contribution in [3.63, 3.8) is 0 Å². The van der Waals surface area contributed by atoms with Gasteiger partial charge >= 0.3 is 0 Å². The normalized spacial score (nSPS) is 10.4. The van der Waals surface area contributed by atoms with Crippen LogP contribution in [0.15, 0.2) is 46.0 Å². The van der Waals surface area contributed by atoms with Crippen LogP contribution in [0.25, 0.3) is 0 Å². The fourth-order valence-electron chi connectivity index (χ4n) is 1.81. The van der Waals surface area contributed by atoms with Gasteiger partial charge in [-0.15, -0.1) is 6.42 Å². The molecule has 8 heteroatoms. The van der Waals surface area contributed by atoms with E-state index in [0.29, 0.717) is 27.1 Å². The summed E-state index contributed by atoms with van der Waals surface area (Å²) in [4.78, 5) is 11.8. The van der Waals surface area contributed by atoms with Crippen LogP contribution >= 0.6 is 39.1 Å². The van der Waals surface area contributed by atoms with Gasteiger partial charge in [0.2, 0.25) is 0 Å². The number of nitrogens with zero attached hydrogens (tertiary/aromatic N) is 1. The molecule has 0 radical (unpaired) electrons. The largest absolute Gasteiger partial charge is 0.482 e. The monoisotopic (exact) mass is 454 g/mol. The quantitative estimate of drug-likeness (QED) is 0.384. The first-order valence-electron chi connectivity index (χ1n) is 7.25. The average molecular weight is 456 g/mol. The summed E-state index contributed by atoms with van der Waals surface area (Å²) in [5, 5.41) is 4.69. The van der Waals surface area contributed by atoms with E-state index >= 15 is 0 Å². The maximum Gasteiger partial charge on any atom is 0.277 e. The number of hydrazone groups is 1. The molecule has 5 nitrogen and oxygen atoms in total. The van der Waals surface area contributed by atoms with Crippen molar-refractivity contribution in [1.29, 1.82) is 0 Å². The molecule has 26 heavy (non-hydrogen) atoms. The van der Waals surface area contributed by atoms with Gasteiger partial charge < -0.3 is 9.47 Å². The van der Waals surface area contributed by atoms with Gasteiger partial charge in [-0.1, -0.05) is 45.1 Å². The van der Waals surface area contributed by atoms with E-state index in [1.165, 1.54) is 12.3 Å². The van der Waals surface area contributed by atoms with Gasteiger partial charge in [-0.2, -0.15) is 5.10 Å². The van der Waals surface area contributed by atoms with Crippen LogP contribution in [0.1, 0.15) is 5.56 Å². The Morgan fingerprint density at radius 2 is 2.00 bits per heavy atom. The third-order valence-electron chi connectivity index (χ3n) is 2.93. The Hall–Kier alpha value is -2.20. The molecule has 1 N–H and O–H groups in total. The minimum absolute atomic E-state index is 0.129.